The summed E-state index contributed by atoms with van der Waals surface area (Å²) >= 11 is 0. The summed E-state index contributed by atoms with van der Waals surface area (Å²) in [7, 11) is 1.80. The van der Waals surface area contributed by atoms with Crippen LogP contribution in [0.5, 0.6) is 0 Å². The van der Waals surface area contributed by atoms with E-state index in [2.05, 4.69) is 16.5 Å². The standard InChI is InChI=1S/C6H8N3.Rf/c1-8-6-4-9-3-2-5(6)7;/h2,4,8H,1H3,(H2,7,9);/q-1;. The second-order valence-electron chi connectivity index (χ2n) is 1.65. The predicted molar refractivity (Wildman–Crippen MR) is 37.0 cm³/mol. The number of nitrogens with two attached hydrogens (primary N) is 1. The third-order valence-corrected chi connectivity index (χ3v) is 1.07. The van der Waals surface area contributed by atoms with Crippen LogP contribution in [0.15, 0.2) is 12.3 Å². The van der Waals surface area contributed by atoms with E-state index in [1.807, 2.05) is 0 Å². The van der Waals surface area contributed by atoms with Crippen molar-refractivity contribution in [2.45, 2.75) is 0 Å². The number of nitrogens with one attached hydrogen (secondary N) is 1. The van der Waals surface area contributed by atoms with E-state index in [1.165, 1.54) is 0 Å². The maximum atomic E-state index is 5.50. The van der Waals surface area contributed by atoms with Crippen LogP contribution in [0.3, 0.4) is 0 Å². The Morgan fingerprint density at radius 3 is 2.80 bits per heavy atom. The molecule has 0 aliphatic rings. The Kier molecular flexibility index (Phi) is 2.26. The SMILES string of the molecule is CNc1cn[c-]cc1N.[Rf]. The van der Waals surface area contributed by atoms with Crippen LogP contribution in [-0.2, 0) is 0 Å². The number of hydrogen-bond acceptors (Lipinski definition) is 3. The maximum absolute atomic E-state index is 5.50. The summed E-state index contributed by atoms with van der Waals surface area (Å²) < 4.78 is 0. The Morgan fingerprint density at radius 1 is 1.70 bits per heavy atom. The molecular formula is C6H8N3Rf-. The summed E-state index contributed by atoms with van der Waals surface area (Å²) in [4.78, 5) is 3.75. The molecule has 0 bridgehead atoms. The van der Waals surface area contributed by atoms with Crippen molar-refractivity contribution in [1.82, 2.24) is 4.98 Å². The Balaban J connectivity index is 0.000000810. The van der Waals surface area contributed by atoms with E-state index in [9.17, 15) is 0 Å². The molecule has 0 atom stereocenters. The maximum Gasteiger partial charge on any atom is 0.00137 e. The zero-order valence-electron chi connectivity index (χ0n) is 5.89. The Bertz CT molecular complexity index is 202. The molecule has 0 aliphatic carbocycles. The minimum absolute atomic E-state index is 0. The fourth-order valence-corrected chi connectivity index (χ4v) is 0.570. The first-order valence-electron chi connectivity index (χ1n) is 2.64. The fourth-order valence-electron chi connectivity index (χ4n) is 0.570. The molecule has 0 aliphatic heterocycles. The van der Waals surface area contributed by atoms with Gasteiger partial charge in [-0.05, 0) is 5.69 Å². The van der Waals surface area contributed by atoms with Gasteiger partial charge in [0, 0.05) is 7.05 Å². The molecule has 50 valence electrons. The van der Waals surface area contributed by atoms with Crippen LogP contribution in [0, 0.1) is 6.20 Å². The van der Waals surface area contributed by atoms with Gasteiger partial charge in [0.2, 0.25) is 0 Å². The summed E-state index contributed by atoms with van der Waals surface area (Å²) in [6, 6.07) is 1.63. The van der Waals surface area contributed by atoms with Crippen LogP contribution in [-0.4, -0.2) is 12.0 Å². The van der Waals surface area contributed by atoms with Crippen LogP contribution in [0.4, 0.5) is 11.4 Å². The summed E-state index contributed by atoms with van der Waals surface area (Å²) in [5.74, 6) is 0. The van der Waals surface area contributed by atoms with Gasteiger partial charge >= 0.3 is 0 Å². The smallest absolute Gasteiger partial charge is 0.00137 e. The van der Waals surface area contributed by atoms with E-state index in [-0.39, 0.29) is 0 Å². The first-order valence-corrected chi connectivity index (χ1v) is 2.64. The molecular weight excluding hydrogens is 381 g/mol. The zero-order valence-corrected chi connectivity index (χ0v) is 12.3. The molecule has 3 nitrogen and oxygen atoms in total. The third kappa shape index (κ3) is 1.12. The number of nitrogens with zero attached hydrogens (tertiary/aromatic N) is 1. The van der Waals surface area contributed by atoms with E-state index in [0.29, 0.717) is 5.69 Å². The van der Waals surface area contributed by atoms with Gasteiger partial charge in [-0.15, -0.1) is 6.07 Å². The first kappa shape index (κ1) is 7.75. The monoisotopic (exact) mass is 389 g/mol. The van der Waals surface area contributed by atoms with E-state index in [4.69, 9.17) is 5.73 Å². The van der Waals surface area contributed by atoms with Crippen LogP contribution < -0.4 is 11.1 Å². The number of hydrogen-bond donors (Lipinski definition) is 2. The molecule has 3 N–H and O–H groups in total. The third-order valence-electron chi connectivity index (χ3n) is 1.07. The molecule has 1 rings (SSSR count). The molecule has 0 saturated carbocycles. The topological polar surface area (TPSA) is 50.9 Å². The predicted octanol–water partition coefficient (Wildman–Crippen LogP) is 0.506. The molecule has 4 heteroatoms. The molecule has 0 unspecified atom stereocenters. The van der Waals surface area contributed by atoms with Crippen LogP contribution >= 0.6 is 0 Å². The second-order valence-corrected chi connectivity index (χ2v) is 1.65. The van der Waals surface area contributed by atoms with E-state index < -0.39 is 0 Å². The van der Waals surface area contributed by atoms with Crippen molar-refractivity contribution in [2.75, 3.05) is 18.1 Å². The van der Waals surface area contributed by atoms with Gasteiger partial charge < -0.3 is 16.0 Å². The van der Waals surface area contributed by atoms with Crippen molar-refractivity contribution in [2.24, 2.45) is 0 Å². The van der Waals surface area contributed by atoms with Crippen molar-refractivity contribution in [3.05, 3.63) is 18.5 Å². The normalized spacial score (nSPS) is 8.10. The molecule has 1 aromatic heterocycles. The van der Waals surface area contributed by atoms with Gasteiger partial charge in [-0.2, -0.15) is 0 Å². The fraction of sp³-hybridized carbons (Fsp3) is 0.167. The van der Waals surface area contributed by atoms with Gasteiger partial charge in [0.05, 0.1) is 0 Å². The number of aromatic nitrogens is 1. The summed E-state index contributed by atoms with van der Waals surface area (Å²) in [6.45, 7) is 0. The number of nitrogen functional groups attached to an aromatic ring is 1. The van der Waals surface area contributed by atoms with Crippen molar-refractivity contribution >= 4 is 11.4 Å². The molecule has 0 radical (unpaired) electrons. The van der Waals surface area contributed by atoms with Gasteiger partial charge in [0.1, 0.15) is 0 Å². The van der Waals surface area contributed by atoms with Crippen LogP contribution in [0.1, 0.15) is 0 Å². The molecule has 0 amide bonds. The Morgan fingerprint density at radius 2 is 2.40 bits per heavy atom. The molecule has 0 spiro atoms. The average Bonchev–Trinajstić information content (AvgIpc) is 1.89. The van der Waals surface area contributed by atoms with Crippen molar-refractivity contribution in [3.8, 4) is 0 Å². The molecule has 0 fully saturated rings. The summed E-state index contributed by atoms with van der Waals surface area (Å²) in [5, 5.41) is 2.89. The number of pyridine rings is 1. The van der Waals surface area contributed by atoms with E-state index >= 15 is 0 Å². The quantitative estimate of drug-likeness (QED) is 0.689. The number of rotatable bonds is 1. The minimum Gasteiger partial charge on any atom is -0.448 e. The second kappa shape index (κ2) is 2.91. The number of anilines is 2. The summed E-state index contributed by atoms with van der Waals surface area (Å²) in [5.41, 5.74) is 7.01. The molecule has 0 saturated heterocycles. The Hall–Kier alpha value is -2.25. The van der Waals surface area contributed by atoms with Crippen molar-refractivity contribution in [1.29, 1.82) is 0 Å². The molecule has 1 aromatic rings. The first-order chi connectivity index (χ1) is 4.34. The van der Waals surface area contributed by atoms with E-state index in [0.717, 1.165) is 5.69 Å². The molecule has 10 heavy (non-hydrogen) atoms. The zero-order chi connectivity index (χ0) is 6.69. The largest absolute Gasteiger partial charge is 0.448 e. The van der Waals surface area contributed by atoms with Crippen LogP contribution in [0.25, 0.3) is 0 Å². The van der Waals surface area contributed by atoms with Crippen molar-refractivity contribution < 1.29 is 0 Å². The van der Waals surface area contributed by atoms with Gasteiger partial charge in [-0.25, -0.2) is 0 Å². The van der Waals surface area contributed by atoms with Crippen LogP contribution in [0.2, 0.25) is 0 Å². The van der Waals surface area contributed by atoms with Crippen molar-refractivity contribution in [3.63, 3.8) is 0 Å². The summed E-state index contributed by atoms with van der Waals surface area (Å²) in [6.07, 6.45) is 4.25. The van der Waals surface area contributed by atoms with E-state index in [1.54, 1.807) is 19.3 Å². The minimum atomic E-state index is 0. The molecule has 0 aromatic carbocycles. The van der Waals surface area contributed by atoms with Gasteiger partial charge in [0.15, 0.2) is 0 Å². The molecule has 1 heterocycles. The van der Waals surface area contributed by atoms with Gasteiger partial charge in [-0.1, -0.05) is 18.1 Å². The van der Waals surface area contributed by atoms with Gasteiger partial charge in [0.25, 0.3) is 0 Å². The Labute approximate surface area is 53.9 Å². The van der Waals surface area contributed by atoms with Gasteiger partial charge in [-0.3, -0.25) is 0 Å². The average molecular weight is 389 g/mol.